The van der Waals surface area contributed by atoms with Crippen molar-refractivity contribution in [3.05, 3.63) is 40.2 Å². The average Bonchev–Trinajstić information content (AvgIpc) is 3.24. The molecular formula is C19H23N5O4S. The molecule has 3 rings (SSSR count). The molecule has 0 saturated carbocycles. The molecule has 1 fully saturated rings. The molecule has 10 heteroatoms. The van der Waals surface area contributed by atoms with E-state index in [-0.39, 0.29) is 28.3 Å². The number of thioether (sulfide) groups is 1. The van der Waals surface area contributed by atoms with E-state index < -0.39 is 11.5 Å². The van der Waals surface area contributed by atoms with Gasteiger partial charge >= 0.3 is 0 Å². The van der Waals surface area contributed by atoms with Crippen LogP contribution in [0.2, 0.25) is 0 Å². The Hall–Kier alpha value is -3.01. The Morgan fingerprint density at radius 1 is 1.28 bits per heavy atom. The minimum Gasteiger partial charge on any atom is -0.494 e. The summed E-state index contributed by atoms with van der Waals surface area (Å²) in [6, 6.07) is 6.52. The quantitative estimate of drug-likeness (QED) is 0.462. The summed E-state index contributed by atoms with van der Waals surface area (Å²) in [5.41, 5.74) is 5.51. The number of amides is 2. The second-order valence-corrected chi connectivity index (χ2v) is 7.38. The van der Waals surface area contributed by atoms with Crippen LogP contribution in [0.3, 0.4) is 0 Å². The number of carbonyl (C=O) groups is 2. The summed E-state index contributed by atoms with van der Waals surface area (Å²) in [4.78, 5) is 45.3. The number of nitrogens with two attached hydrogens (primary N) is 1. The highest BCUT2D eigenvalue weighted by Gasteiger charge is 2.19. The first kappa shape index (κ1) is 20.7. The van der Waals surface area contributed by atoms with E-state index in [0.29, 0.717) is 17.9 Å². The lowest BCUT2D eigenvalue weighted by Gasteiger charge is -2.14. The van der Waals surface area contributed by atoms with Gasteiger partial charge in [-0.2, -0.15) is 0 Å². The van der Waals surface area contributed by atoms with Crippen LogP contribution in [0, 0.1) is 0 Å². The van der Waals surface area contributed by atoms with Crippen LogP contribution in [0.1, 0.15) is 30.1 Å². The van der Waals surface area contributed by atoms with E-state index in [2.05, 4.69) is 15.3 Å². The van der Waals surface area contributed by atoms with Gasteiger partial charge < -0.3 is 20.7 Å². The maximum atomic E-state index is 12.4. The van der Waals surface area contributed by atoms with Crippen LogP contribution >= 0.6 is 11.8 Å². The van der Waals surface area contributed by atoms with Gasteiger partial charge in [-0.3, -0.25) is 19.4 Å². The van der Waals surface area contributed by atoms with Crippen LogP contribution in [0.15, 0.2) is 34.2 Å². The zero-order valence-electron chi connectivity index (χ0n) is 16.1. The fourth-order valence-electron chi connectivity index (χ4n) is 2.90. The number of ether oxygens (including phenoxy) is 1. The topological polar surface area (TPSA) is 130 Å². The van der Waals surface area contributed by atoms with E-state index in [1.807, 2.05) is 6.92 Å². The van der Waals surface area contributed by atoms with Crippen molar-refractivity contribution in [3.8, 4) is 5.75 Å². The normalized spacial score (nSPS) is 13.3. The lowest BCUT2D eigenvalue weighted by atomic mass is 10.2. The van der Waals surface area contributed by atoms with Crippen molar-refractivity contribution in [2.45, 2.75) is 24.9 Å². The van der Waals surface area contributed by atoms with Gasteiger partial charge in [-0.15, -0.1) is 0 Å². The molecule has 29 heavy (non-hydrogen) atoms. The first-order chi connectivity index (χ1) is 14.0. The van der Waals surface area contributed by atoms with Crippen molar-refractivity contribution in [1.82, 2.24) is 14.9 Å². The Morgan fingerprint density at radius 3 is 2.59 bits per heavy atom. The maximum Gasteiger partial charge on any atom is 0.277 e. The van der Waals surface area contributed by atoms with Crippen LogP contribution in [-0.2, 0) is 4.79 Å². The number of rotatable bonds is 7. The molecule has 2 aromatic rings. The summed E-state index contributed by atoms with van der Waals surface area (Å²) in [5, 5.41) is 2.72. The first-order valence-corrected chi connectivity index (χ1v) is 10.3. The average molecular weight is 417 g/mol. The van der Waals surface area contributed by atoms with Crippen LogP contribution in [0.25, 0.3) is 0 Å². The molecule has 154 valence electrons. The van der Waals surface area contributed by atoms with E-state index in [1.165, 1.54) is 0 Å². The van der Waals surface area contributed by atoms with Crippen LogP contribution < -0.4 is 21.3 Å². The molecule has 1 aliphatic rings. The van der Waals surface area contributed by atoms with Gasteiger partial charge in [0.05, 0.1) is 12.4 Å². The molecule has 1 saturated heterocycles. The monoisotopic (exact) mass is 417 g/mol. The van der Waals surface area contributed by atoms with Crippen molar-refractivity contribution in [3.63, 3.8) is 0 Å². The van der Waals surface area contributed by atoms with Gasteiger partial charge in [0.1, 0.15) is 11.4 Å². The molecule has 0 bridgehead atoms. The molecule has 0 atom stereocenters. The standard InChI is InChI=1S/C19H23N5O4S/c1-2-28-13-7-5-12(6-8-13)17(26)21-15-16(20)22-19(23-18(15)27)29-11-14(25)24-9-3-4-10-24/h5-8H,2-4,9-11H2,1H3,(H,21,26)(H3,20,22,23,27). The third kappa shape index (κ3) is 5.29. The zero-order chi connectivity index (χ0) is 20.8. The largest absolute Gasteiger partial charge is 0.494 e. The number of anilines is 2. The molecule has 0 radical (unpaired) electrons. The number of aromatic amines is 1. The van der Waals surface area contributed by atoms with Gasteiger partial charge in [0.25, 0.3) is 11.5 Å². The molecular weight excluding hydrogens is 394 g/mol. The zero-order valence-corrected chi connectivity index (χ0v) is 16.9. The molecule has 4 N–H and O–H groups in total. The predicted molar refractivity (Wildman–Crippen MR) is 111 cm³/mol. The van der Waals surface area contributed by atoms with Gasteiger partial charge in [0.15, 0.2) is 11.0 Å². The van der Waals surface area contributed by atoms with Crippen molar-refractivity contribution >= 4 is 35.1 Å². The van der Waals surface area contributed by atoms with E-state index in [1.54, 1.807) is 29.2 Å². The number of likely N-dealkylation sites (tertiary alicyclic amines) is 1. The lowest BCUT2D eigenvalue weighted by Crippen LogP contribution is -2.29. The molecule has 9 nitrogen and oxygen atoms in total. The Labute approximate surface area is 172 Å². The number of nitrogens with one attached hydrogen (secondary N) is 2. The molecule has 1 aliphatic heterocycles. The van der Waals surface area contributed by atoms with Crippen LogP contribution in [0.4, 0.5) is 11.5 Å². The number of H-pyrrole nitrogens is 1. The fourth-order valence-corrected chi connectivity index (χ4v) is 3.67. The number of nitrogen functional groups attached to an aromatic ring is 1. The van der Waals surface area contributed by atoms with Crippen molar-refractivity contribution in [1.29, 1.82) is 0 Å². The first-order valence-electron chi connectivity index (χ1n) is 9.32. The van der Waals surface area contributed by atoms with Gasteiger partial charge in [0, 0.05) is 18.7 Å². The maximum absolute atomic E-state index is 12.4. The van der Waals surface area contributed by atoms with E-state index in [4.69, 9.17) is 10.5 Å². The highest BCUT2D eigenvalue weighted by Crippen LogP contribution is 2.19. The number of aromatic nitrogens is 2. The lowest BCUT2D eigenvalue weighted by molar-refractivity contribution is -0.127. The molecule has 2 heterocycles. The molecule has 1 aromatic carbocycles. The van der Waals surface area contributed by atoms with Gasteiger partial charge in [-0.05, 0) is 44.0 Å². The van der Waals surface area contributed by atoms with Crippen molar-refractivity contribution < 1.29 is 14.3 Å². The molecule has 0 aliphatic carbocycles. The number of nitrogens with zero attached hydrogens (tertiary/aromatic N) is 2. The Balaban J connectivity index is 1.64. The molecule has 0 spiro atoms. The summed E-state index contributed by atoms with van der Waals surface area (Å²) in [5.74, 6) is 0.218. The minimum absolute atomic E-state index is 0.00148. The number of hydrogen-bond acceptors (Lipinski definition) is 7. The Bertz CT molecular complexity index is 939. The van der Waals surface area contributed by atoms with Crippen molar-refractivity contribution in [2.75, 3.05) is 36.5 Å². The molecule has 1 aromatic heterocycles. The second kappa shape index (κ2) is 9.46. The third-order valence-electron chi connectivity index (χ3n) is 4.38. The summed E-state index contributed by atoms with van der Waals surface area (Å²) in [6.07, 6.45) is 2.03. The summed E-state index contributed by atoms with van der Waals surface area (Å²) < 4.78 is 5.34. The smallest absolute Gasteiger partial charge is 0.277 e. The molecule has 0 unspecified atom stereocenters. The summed E-state index contributed by atoms with van der Waals surface area (Å²) in [6.45, 7) is 3.92. The molecule has 2 amide bonds. The predicted octanol–water partition coefficient (Wildman–Crippen LogP) is 1.72. The van der Waals surface area contributed by atoms with E-state index in [9.17, 15) is 14.4 Å². The highest BCUT2D eigenvalue weighted by atomic mass is 32.2. The third-order valence-corrected chi connectivity index (χ3v) is 5.24. The Morgan fingerprint density at radius 2 is 1.97 bits per heavy atom. The Kier molecular flexibility index (Phi) is 6.76. The second-order valence-electron chi connectivity index (χ2n) is 6.42. The SMILES string of the molecule is CCOc1ccc(C(=O)Nc2c(N)nc(SCC(=O)N3CCCC3)[nH]c2=O)cc1. The van der Waals surface area contributed by atoms with E-state index in [0.717, 1.165) is 37.7 Å². The fraction of sp³-hybridized carbons (Fsp3) is 0.368. The number of carbonyl (C=O) groups excluding carboxylic acids is 2. The number of benzene rings is 1. The van der Waals surface area contributed by atoms with Gasteiger partial charge in [0.2, 0.25) is 5.91 Å². The van der Waals surface area contributed by atoms with Gasteiger partial charge in [-0.1, -0.05) is 11.8 Å². The number of hydrogen-bond donors (Lipinski definition) is 3. The summed E-state index contributed by atoms with van der Waals surface area (Å²) in [7, 11) is 0. The van der Waals surface area contributed by atoms with Crippen LogP contribution in [0.5, 0.6) is 5.75 Å². The minimum atomic E-state index is -0.576. The van der Waals surface area contributed by atoms with Crippen molar-refractivity contribution in [2.24, 2.45) is 0 Å². The van der Waals surface area contributed by atoms with Gasteiger partial charge in [-0.25, -0.2) is 4.98 Å². The highest BCUT2D eigenvalue weighted by molar-refractivity contribution is 7.99. The van der Waals surface area contributed by atoms with Crippen LogP contribution in [-0.4, -0.2) is 52.1 Å². The summed E-state index contributed by atoms with van der Waals surface area (Å²) >= 11 is 1.11. The van der Waals surface area contributed by atoms with E-state index >= 15 is 0 Å².